The number of nitrogens with zero attached hydrogens (tertiary/aromatic N) is 2. The highest BCUT2D eigenvalue weighted by Crippen LogP contribution is 2.38. The fourth-order valence-electron chi connectivity index (χ4n) is 3.66. The second-order valence-corrected chi connectivity index (χ2v) is 8.32. The van der Waals surface area contributed by atoms with Gasteiger partial charge in [-0.25, -0.2) is 0 Å². The zero-order valence-electron chi connectivity index (χ0n) is 14.0. The molecule has 25 heavy (non-hydrogen) atoms. The molecule has 4 nitrogen and oxygen atoms in total. The number of aryl methyl sites for hydroxylation is 1. The smallest absolute Gasteiger partial charge is 0.276 e. The highest BCUT2D eigenvalue weighted by molar-refractivity contribution is 7.99. The maximum atomic E-state index is 13.0. The number of halogens is 1. The van der Waals surface area contributed by atoms with Crippen molar-refractivity contribution in [2.75, 3.05) is 18.8 Å². The number of carbonyl (C=O) groups is 1. The van der Waals surface area contributed by atoms with E-state index >= 15 is 0 Å². The Morgan fingerprint density at radius 1 is 1.24 bits per heavy atom. The van der Waals surface area contributed by atoms with Crippen molar-refractivity contribution in [2.24, 2.45) is 0 Å². The molecule has 0 bridgehead atoms. The number of carbonyl (C=O) groups excluding carboxylic acids is 1. The van der Waals surface area contributed by atoms with E-state index in [1.165, 1.54) is 5.56 Å². The molecular weight excluding hydrogens is 356 g/mol. The summed E-state index contributed by atoms with van der Waals surface area (Å²) in [7, 11) is 0. The van der Waals surface area contributed by atoms with Gasteiger partial charge in [0.15, 0.2) is 5.69 Å². The molecule has 1 fully saturated rings. The summed E-state index contributed by atoms with van der Waals surface area (Å²) in [6.07, 6.45) is 4.94. The lowest BCUT2D eigenvalue weighted by atomic mass is 9.96. The summed E-state index contributed by atoms with van der Waals surface area (Å²) in [6, 6.07) is 8.01. The van der Waals surface area contributed by atoms with Crippen molar-refractivity contribution >= 4 is 29.3 Å². The number of amides is 1. The van der Waals surface area contributed by atoms with E-state index in [1.807, 2.05) is 34.9 Å². The van der Waals surface area contributed by atoms with Gasteiger partial charge in [0.05, 0.1) is 0 Å². The lowest BCUT2D eigenvalue weighted by molar-refractivity contribution is 0.0755. The van der Waals surface area contributed by atoms with E-state index in [1.54, 1.807) is 0 Å². The van der Waals surface area contributed by atoms with Crippen molar-refractivity contribution in [3.05, 3.63) is 51.9 Å². The van der Waals surface area contributed by atoms with Crippen LogP contribution in [0.25, 0.3) is 0 Å². The summed E-state index contributed by atoms with van der Waals surface area (Å²) in [5.41, 5.74) is 2.74. The standard InChI is InChI=1S/C19H21ClN2O2S/c20-15-7-3-1-5-13(15)17-9-10-22(11-12-25-17)19(23)18-14-6-2-4-8-16(14)24-21-18/h1,3,5,7,17H,2,4,6,8-12H2. The van der Waals surface area contributed by atoms with Gasteiger partial charge in [-0.1, -0.05) is 35.0 Å². The Hall–Kier alpha value is -1.46. The van der Waals surface area contributed by atoms with Crippen LogP contribution in [0, 0.1) is 0 Å². The van der Waals surface area contributed by atoms with Crippen LogP contribution in [0.4, 0.5) is 0 Å². The van der Waals surface area contributed by atoms with Crippen LogP contribution in [0.15, 0.2) is 28.8 Å². The van der Waals surface area contributed by atoms with Gasteiger partial charge in [0.1, 0.15) is 5.76 Å². The minimum Gasteiger partial charge on any atom is -0.360 e. The van der Waals surface area contributed by atoms with E-state index in [9.17, 15) is 4.79 Å². The highest BCUT2D eigenvalue weighted by atomic mass is 35.5. The molecule has 1 aliphatic carbocycles. The lowest BCUT2D eigenvalue weighted by Crippen LogP contribution is -2.34. The Morgan fingerprint density at radius 3 is 2.96 bits per heavy atom. The number of rotatable bonds is 2. The van der Waals surface area contributed by atoms with Gasteiger partial charge in [-0.2, -0.15) is 11.8 Å². The van der Waals surface area contributed by atoms with Gasteiger partial charge < -0.3 is 9.42 Å². The topological polar surface area (TPSA) is 46.3 Å². The largest absolute Gasteiger partial charge is 0.360 e. The van der Waals surface area contributed by atoms with Gasteiger partial charge in [-0.05, 0) is 37.3 Å². The number of benzene rings is 1. The van der Waals surface area contributed by atoms with Crippen LogP contribution in [0.2, 0.25) is 5.02 Å². The van der Waals surface area contributed by atoms with E-state index in [4.69, 9.17) is 16.1 Å². The Balaban J connectivity index is 1.48. The molecule has 0 N–H and O–H groups in total. The van der Waals surface area contributed by atoms with Gasteiger partial charge >= 0.3 is 0 Å². The molecule has 1 aromatic heterocycles. The fraction of sp³-hybridized carbons (Fsp3) is 0.474. The van der Waals surface area contributed by atoms with Crippen molar-refractivity contribution in [1.29, 1.82) is 0 Å². The molecule has 1 aliphatic heterocycles. The van der Waals surface area contributed by atoms with Crippen molar-refractivity contribution < 1.29 is 9.32 Å². The second kappa shape index (κ2) is 7.42. The van der Waals surface area contributed by atoms with Crippen LogP contribution < -0.4 is 0 Å². The number of aromatic nitrogens is 1. The monoisotopic (exact) mass is 376 g/mol. The van der Waals surface area contributed by atoms with Crippen molar-refractivity contribution in [3.63, 3.8) is 0 Å². The molecule has 1 saturated heterocycles. The summed E-state index contributed by atoms with van der Waals surface area (Å²) in [6.45, 7) is 1.47. The summed E-state index contributed by atoms with van der Waals surface area (Å²) in [5, 5.41) is 5.24. The Morgan fingerprint density at radius 2 is 2.08 bits per heavy atom. The molecule has 0 radical (unpaired) electrons. The Labute approximate surface area is 156 Å². The predicted octanol–water partition coefficient (Wildman–Crippen LogP) is 4.53. The first-order chi connectivity index (χ1) is 12.2. The van der Waals surface area contributed by atoms with E-state index < -0.39 is 0 Å². The van der Waals surface area contributed by atoms with Gasteiger partial charge in [-0.3, -0.25) is 4.79 Å². The van der Waals surface area contributed by atoms with Crippen LogP contribution in [0.1, 0.15) is 51.9 Å². The quantitative estimate of drug-likeness (QED) is 0.772. The minimum atomic E-state index is 0.0207. The molecule has 1 unspecified atom stereocenters. The highest BCUT2D eigenvalue weighted by Gasteiger charge is 2.29. The SMILES string of the molecule is O=C(c1noc2c1CCCC2)N1CCSC(c2ccccc2Cl)CC1. The number of hydrogen-bond acceptors (Lipinski definition) is 4. The number of thioether (sulfide) groups is 1. The maximum absolute atomic E-state index is 13.0. The van der Waals surface area contributed by atoms with Crippen LogP contribution in [-0.2, 0) is 12.8 Å². The van der Waals surface area contributed by atoms with E-state index in [0.29, 0.717) is 10.9 Å². The molecule has 132 valence electrons. The predicted molar refractivity (Wildman–Crippen MR) is 100 cm³/mol. The van der Waals surface area contributed by atoms with Crippen molar-refractivity contribution in [2.45, 2.75) is 37.4 Å². The third-order valence-electron chi connectivity index (χ3n) is 5.03. The first-order valence-corrected chi connectivity index (χ1v) is 10.3. The molecule has 1 atom stereocenters. The van der Waals surface area contributed by atoms with Gasteiger partial charge in [0.25, 0.3) is 5.91 Å². The molecule has 2 heterocycles. The van der Waals surface area contributed by atoms with E-state index in [0.717, 1.165) is 67.3 Å². The maximum Gasteiger partial charge on any atom is 0.276 e. The van der Waals surface area contributed by atoms with Gasteiger partial charge in [-0.15, -0.1) is 0 Å². The minimum absolute atomic E-state index is 0.0207. The molecule has 4 rings (SSSR count). The summed E-state index contributed by atoms with van der Waals surface area (Å²) >= 11 is 8.23. The molecule has 1 amide bonds. The summed E-state index contributed by atoms with van der Waals surface area (Å²) in [4.78, 5) is 14.9. The molecule has 1 aromatic carbocycles. The van der Waals surface area contributed by atoms with Gasteiger partial charge in [0, 0.05) is 41.1 Å². The molecule has 2 aromatic rings. The van der Waals surface area contributed by atoms with Crippen molar-refractivity contribution in [1.82, 2.24) is 10.1 Å². The number of hydrogen-bond donors (Lipinski definition) is 0. The molecule has 2 aliphatic rings. The molecule has 0 saturated carbocycles. The number of fused-ring (bicyclic) bond motifs is 1. The zero-order chi connectivity index (χ0) is 17.2. The van der Waals surface area contributed by atoms with Crippen LogP contribution >= 0.6 is 23.4 Å². The van der Waals surface area contributed by atoms with E-state index in [-0.39, 0.29) is 5.91 Å². The molecule has 0 spiro atoms. The third kappa shape index (κ3) is 3.44. The first kappa shape index (κ1) is 17.0. The van der Waals surface area contributed by atoms with E-state index in [2.05, 4.69) is 11.2 Å². The second-order valence-electron chi connectivity index (χ2n) is 6.60. The molecular formula is C19H21ClN2O2S. The fourth-order valence-corrected chi connectivity index (χ4v) is 5.26. The lowest BCUT2D eigenvalue weighted by Gasteiger charge is -2.20. The van der Waals surface area contributed by atoms with Crippen LogP contribution in [0.3, 0.4) is 0 Å². The first-order valence-electron chi connectivity index (χ1n) is 8.87. The van der Waals surface area contributed by atoms with Gasteiger partial charge in [0.2, 0.25) is 0 Å². The zero-order valence-corrected chi connectivity index (χ0v) is 15.6. The van der Waals surface area contributed by atoms with Crippen molar-refractivity contribution in [3.8, 4) is 0 Å². The summed E-state index contributed by atoms with van der Waals surface area (Å²) in [5.74, 6) is 1.84. The average Bonchev–Trinajstić information content (AvgIpc) is 2.91. The average molecular weight is 377 g/mol. The Bertz CT molecular complexity index is 777. The van der Waals surface area contributed by atoms with Crippen LogP contribution in [-0.4, -0.2) is 34.8 Å². The third-order valence-corrected chi connectivity index (χ3v) is 6.69. The Kier molecular flexibility index (Phi) is 5.04. The summed E-state index contributed by atoms with van der Waals surface area (Å²) < 4.78 is 5.42. The molecule has 6 heteroatoms. The normalized spacial score (nSPS) is 20.8. The van der Waals surface area contributed by atoms with Crippen LogP contribution in [0.5, 0.6) is 0 Å².